The number of anilines is 1. The van der Waals surface area contributed by atoms with E-state index in [1.54, 1.807) is 11.3 Å². The summed E-state index contributed by atoms with van der Waals surface area (Å²) in [5.41, 5.74) is 2.12. The van der Waals surface area contributed by atoms with Gasteiger partial charge >= 0.3 is 0 Å². The largest absolute Gasteiger partial charge is 0.353 e. The SMILES string of the molecule is CN1CCN(c2nc(-c3ccsc3)nc3ccccc23)CC1. The average Bonchev–Trinajstić information content (AvgIpc) is 3.09. The molecule has 4 rings (SSSR count). The molecule has 112 valence electrons. The molecule has 22 heavy (non-hydrogen) atoms. The summed E-state index contributed by atoms with van der Waals surface area (Å²) in [6.45, 7) is 4.18. The second-order valence-electron chi connectivity index (χ2n) is 5.69. The first-order chi connectivity index (χ1) is 10.8. The van der Waals surface area contributed by atoms with Gasteiger partial charge in [0.05, 0.1) is 5.52 Å². The van der Waals surface area contributed by atoms with Gasteiger partial charge in [-0.05, 0) is 30.6 Å². The molecule has 0 aliphatic carbocycles. The predicted octanol–water partition coefficient (Wildman–Crippen LogP) is 3.11. The molecule has 1 aromatic carbocycles. The Morgan fingerprint density at radius 2 is 1.82 bits per heavy atom. The van der Waals surface area contributed by atoms with Crippen LogP contribution in [0.4, 0.5) is 5.82 Å². The van der Waals surface area contributed by atoms with Crippen molar-refractivity contribution in [1.82, 2.24) is 14.9 Å². The Morgan fingerprint density at radius 1 is 1.00 bits per heavy atom. The fourth-order valence-electron chi connectivity index (χ4n) is 2.84. The van der Waals surface area contributed by atoms with Gasteiger partial charge in [0.1, 0.15) is 5.82 Å². The lowest BCUT2D eigenvalue weighted by Crippen LogP contribution is -2.45. The Labute approximate surface area is 134 Å². The van der Waals surface area contributed by atoms with Gasteiger partial charge in [0.2, 0.25) is 0 Å². The minimum Gasteiger partial charge on any atom is -0.353 e. The number of nitrogens with zero attached hydrogens (tertiary/aromatic N) is 4. The number of benzene rings is 1. The monoisotopic (exact) mass is 310 g/mol. The average molecular weight is 310 g/mol. The lowest BCUT2D eigenvalue weighted by molar-refractivity contribution is 0.312. The molecule has 4 nitrogen and oxygen atoms in total. The zero-order valence-corrected chi connectivity index (χ0v) is 13.4. The Morgan fingerprint density at radius 3 is 2.59 bits per heavy atom. The van der Waals surface area contributed by atoms with E-state index in [4.69, 9.17) is 9.97 Å². The Balaban J connectivity index is 1.84. The zero-order chi connectivity index (χ0) is 14.9. The summed E-state index contributed by atoms with van der Waals surface area (Å²) in [5.74, 6) is 1.90. The fourth-order valence-corrected chi connectivity index (χ4v) is 3.47. The fraction of sp³-hybridized carbons (Fsp3) is 0.294. The maximum Gasteiger partial charge on any atom is 0.162 e. The number of thiophene rings is 1. The van der Waals surface area contributed by atoms with Gasteiger partial charge < -0.3 is 9.80 Å². The van der Waals surface area contributed by atoms with Crippen LogP contribution in [0.5, 0.6) is 0 Å². The molecular formula is C17H18N4S. The minimum atomic E-state index is 0.828. The second-order valence-corrected chi connectivity index (χ2v) is 6.47. The molecule has 0 saturated carbocycles. The van der Waals surface area contributed by atoms with Gasteiger partial charge in [-0.15, -0.1) is 0 Å². The predicted molar refractivity (Wildman–Crippen MR) is 92.6 cm³/mol. The Hall–Kier alpha value is -1.98. The summed E-state index contributed by atoms with van der Waals surface area (Å²) in [7, 11) is 2.17. The molecule has 0 atom stereocenters. The van der Waals surface area contributed by atoms with E-state index in [2.05, 4.69) is 51.9 Å². The number of aromatic nitrogens is 2. The van der Waals surface area contributed by atoms with E-state index in [1.165, 1.54) is 0 Å². The zero-order valence-electron chi connectivity index (χ0n) is 12.6. The van der Waals surface area contributed by atoms with Gasteiger partial charge in [-0.2, -0.15) is 11.3 Å². The van der Waals surface area contributed by atoms with Crippen molar-refractivity contribution in [3.63, 3.8) is 0 Å². The van der Waals surface area contributed by atoms with Crippen LogP contribution >= 0.6 is 11.3 Å². The van der Waals surface area contributed by atoms with Gasteiger partial charge in [0.15, 0.2) is 5.82 Å². The van der Waals surface area contributed by atoms with Gasteiger partial charge in [-0.25, -0.2) is 9.97 Å². The summed E-state index contributed by atoms with van der Waals surface area (Å²) in [6.07, 6.45) is 0. The highest BCUT2D eigenvalue weighted by atomic mass is 32.1. The van der Waals surface area contributed by atoms with Gasteiger partial charge in [-0.1, -0.05) is 12.1 Å². The van der Waals surface area contributed by atoms with Gasteiger partial charge in [-0.3, -0.25) is 0 Å². The van der Waals surface area contributed by atoms with E-state index in [1.807, 2.05) is 6.07 Å². The number of fused-ring (bicyclic) bond motifs is 1. The van der Waals surface area contributed by atoms with E-state index in [0.29, 0.717) is 0 Å². The molecule has 3 heterocycles. The number of hydrogen-bond acceptors (Lipinski definition) is 5. The molecule has 1 aliphatic rings. The molecule has 1 aliphatic heterocycles. The number of piperazine rings is 1. The van der Waals surface area contributed by atoms with Crippen LogP contribution < -0.4 is 4.90 Å². The highest BCUT2D eigenvalue weighted by molar-refractivity contribution is 7.08. The molecule has 0 spiro atoms. The summed E-state index contributed by atoms with van der Waals surface area (Å²) in [5, 5.41) is 5.33. The first-order valence-corrected chi connectivity index (χ1v) is 8.48. The number of para-hydroxylation sites is 1. The third-order valence-corrected chi connectivity index (χ3v) is 4.85. The molecule has 1 fully saturated rings. The molecule has 3 aromatic rings. The van der Waals surface area contributed by atoms with Crippen LogP contribution in [0, 0.1) is 0 Å². The van der Waals surface area contributed by atoms with Crippen molar-refractivity contribution in [2.24, 2.45) is 0 Å². The van der Waals surface area contributed by atoms with Crippen molar-refractivity contribution in [3.05, 3.63) is 41.1 Å². The molecule has 1 saturated heterocycles. The third kappa shape index (κ3) is 2.46. The molecule has 0 N–H and O–H groups in total. The van der Waals surface area contributed by atoms with Crippen LogP contribution in [0.2, 0.25) is 0 Å². The lowest BCUT2D eigenvalue weighted by atomic mass is 10.2. The maximum atomic E-state index is 4.90. The first kappa shape index (κ1) is 13.7. The normalized spacial score (nSPS) is 16.3. The number of rotatable bonds is 2. The molecule has 0 amide bonds. The molecule has 2 aromatic heterocycles. The van der Waals surface area contributed by atoms with E-state index >= 15 is 0 Å². The summed E-state index contributed by atoms with van der Waals surface area (Å²) >= 11 is 1.68. The molecule has 0 radical (unpaired) electrons. The van der Waals surface area contributed by atoms with Gasteiger partial charge in [0, 0.05) is 42.5 Å². The molecular weight excluding hydrogens is 292 g/mol. The standard InChI is InChI=1S/C17H18N4S/c1-20-7-9-21(10-8-20)17-14-4-2-3-5-15(14)18-16(19-17)13-6-11-22-12-13/h2-6,11-12H,7-10H2,1H3. The van der Waals surface area contributed by atoms with Crippen molar-refractivity contribution in [1.29, 1.82) is 0 Å². The number of hydrogen-bond donors (Lipinski definition) is 0. The van der Waals surface area contributed by atoms with Crippen LogP contribution in [0.1, 0.15) is 0 Å². The smallest absolute Gasteiger partial charge is 0.162 e. The highest BCUT2D eigenvalue weighted by Crippen LogP contribution is 2.28. The molecule has 0 bridgehead atoms. The first-order valence-electron chi connectivity index (χ1n) is 7.54. The maximum absolute atomic E-state index is 4.90. The molecule has 0 unspecified atom stereocenters. The third-order valence-electron chi connectivity index (χ3n) is 4.17. The van der Waals surface area contributed by atoms with Crippen molar-refractivity contribution in [2.45, 2.75) is 0 Å². The quantitative estimate of drug-likeness (QED) is 0.728. The summed E-state index contributed by atoms with van der Waals surface area (Å²) in [4.78, 5) is 14.4. The van der Waals surface area contributed by atoms with E-state index in [-0.39, 0.29) is 0 Å². The van der Waals surface area contributed by atoms with E-state index in [9.17, 15) is 0 Å². The van der Waals surface area contributed by atoms with Crippen molar-refractivity contribution >= 4 is 28.1 Å². The minimum absolute atomic E-state index is 0.828. The van der Waals surface area contributed by atoms with Crippen LogP contribution in [-0.2, 0) is 0 Å². The van der Waals surface area contributed by atoms with Crippen LogP contribution in [0.3, 0.4) is 0 Å². The van der Waals surface area contributed by atoms with Crippen molar-refractivity contribution < 1.29 is 0 Å². The topological polar surface area (TPSA) is 32.3 Å². The van der Waals surface area contributed by atoms with E-state index in [0.717, 1.165) is 54.3 Å². The van der Waals surface area contributed by atoms with Gasteiger partial charge in [0.25, 0.3) is 0 Å². The lowest BCUT2D eigenvalue weighted by Gasteiger charge is -2.33. The van der Waals surface area contributed by atoms with Crippen LogP contribution in [0.25, 0.3) is 22.3 Å². The second kappa shape index (κ2) is 5.66. The Bertz CT molecular complexity index is 776. The van der Waals surface area contributed by atoms with Crippen LogP contribution in [-0.4, -0.2) is 48.1 Å². The number of likely N-dealkylation sites (N-methyl/N-ethyl adjacent to an activating group) is 1. The Kier molecular flexibility index (Phi) is 3.52. The molecule has 5 heteroatoms. The summed E-state index contributed by atoms with van der Waals surface area (Å²) in [6, 6.07) is 10.4. The van der Waals surface area contributed by atoms with Crippen molar-refractivity contribution in [2.75, 3.05) is 38.1 Å². The van der Waals surface area contributed by atoms with Crippen LogP contribution in [0.15, 0.2) is 41.1 Å². The summed E-state index contributed by atoms with van der Waals surface area (Å²) < 4.78 is 0. The highest BCUT2D eigenvalue weighted by Gasteiger charge is 2.19. The van der Waals surface area contributed by atoms with E-state index < -0.39 is 0 Å². The van der Waals surface area contributed by atoms with Crippen molar-refractivity contribution in [3.8, 4) is 11.4 Å².